The van der Waals surface area contributed by atoms with Gasteiger partial charge in [0, 0.05) is 27.9 Å². The number of oxazole rings is 1. The van der Waals surface area contributed by atoms with Gasteiger partial charge in [0.05, 0.1) is 5.69 Å². The summed E-state index contributed by atoms with van der Waals surface area (Å²) in [6.45, 7) is 0. The molecule has 272 valence electrons. The molecular weight excluding hydrogens is 705 g/mol. The Kier molecular flexibility index (Phi) is 8.15. The van der Waals surface area contributed by atoms with Gasteiger partial charge < -0.3 is 9.32 Å². The van der Waals surface area contributed by atoms with Crippen LogP contribution in [0, 0.1) is 0 Å². The largest absolute Gasteiger partial charge is 0.435 e. The molecule has 0 saturated carbocycles. The van der Waals surface area contributed by atoms with Crippen LogP contribution in [0.5, 0.6) is 0 Å². The summed E-state index contributed by atoms with van der Waals surface area (Å²) in [4.78, 5) is 7.26. The second-order valence-electron chi connectivity index (χ2n) is 14.7. The molecule has 0 amide bonds. The van der Waals surface area contributed by atoms with Crippen LogP contribution in [0.2, 0.25) is 0 Å². The second kappa shape index (κ2) is 14.1. The minimum Gasteiger partial charge on any atom is -0.435 e. The third-order valence-electron chi connectivity index (χ3n) is 11.3. The van der Waals surface area contributed by atoms with Gasteiger partial charge >= 0.3 is 0 Å². The van der Waals surface area contributed by atoms with Crippen LogP contribution in [0.15, 0.2) is 223 Å². The van der Waals surface area contributed by atoms with E-state index in [1.54, 1.807) is 0 Å². The highest BCUT2D eigenvalue weighted by molar-refractivity contribution is 6.14. The molecule has 10 aromatic carbocycles. The van der Waals surface area contributed by atoms with Crippen LogP contribution >= 0.6 is 0 Å². The lowest BCUT2D eigenvalue weighted by Crippen LogP contribution is -2.11. The summed E-state index contributed by atoms with van der Waals surface area (Å²) in [7, 11) is 0. The van der Waals surface area contributed by atoms with Crippen LogP contribution in [0.1, 0.15) is 0 Å². The van der Waals surface area contributed by atoms with Gasteiger partial charge in [-0.15, -0.1) is 0 Å². The van der Waals surface area contributed by atoms with Gasteiger partial charge in [-0.25, -0.2) is 4.98 Å². The van der Waals surface area contributed by atoms with E-state index < -0.39 is 0 Å². The Morgan fingerprint density at radius 1 is 0.362 bits per heavy atom. The molecule has 0 aliphatic heterocycles. The van der Waals surface area contributed by atoms with Gasteiger partial charge in [0.2, 0.25) is 5.89 Å². The molecule has 3 nitrogen and oxygen atoms in total. The molecule has 11 rings (SSSR count). The third-order valence-corrected chi connectivity index (χ3v) is 11.3. The lowest BCUT2D eigenvalue weighted by atomic mass is 9.93. The first kappa shape index (κ1) is 33.6. The Morgan fingerprint density at radius 3 is 1.66 bits per heavy atom. The fourth-order valence-corrected chi connectivity index (χ4v) is 8.53. The van der Waals surface area contributed by atoms with E-state index in [2.05, 4.69) is 193 Å². The summed E-state index contributed by atoms with van der Waals surface area (Å²) in [6, 6.07) is 77.7. The molecule has 1 heterocycles. The van der Waals surface area contributed by atoms with Crippen LogP contribution < -0.4 is 4.90 Å². The number of hydrogen-bond acceptors (Lipinski definition) is 3. The Morgan fingerprint density at radius 2 is 0.914 bits per heavy atom. The smallest absolute Gasteiger partial charge is 0.227 e. The Bertz CT molecular complexity index is 3260. The quantitative estimate of drug-likeness (QED) is 0.152. The molecule has 0 radical (unpaired) electrons. The lowest BCUT2D eigenvalue weighted by Gasteiger charge is -2.28. The van der Waals surface area contributed by atoms with E-state index in [0.29, 0.717) is 5.89 Å². The number of benzene rings is 10. The number of nitrogens with zero attached hydrogens (tertiary/aromatic N) is 2. The minimum atomic E-state index is 0.626. The van der Waals surface area contributed by atoms with Gasteiger partial charge in [-0.2, -0.15) is 0 Å². The molecule has 0 N–H and O–H groups in total. The summed E-state index contributed by atoms with van der Waals surface area (Å²) >= 11 is 0. The summed E-state index contributed by atoms with van der Waals surface area (Å²) in [5.74, 6) is 0.626. The summed E-state index contributed by atoms with van der Waals surface area (Å²) in [5.41, 5.74) is 12.8. The van der Waals surface area contributed by atoms with Gasteiger partial charge in [0.15, 0.2) is 5.58 Å². The molecule has 0 atom stereocenters. The molecule has 0 aliphatic rings. The third kappa shape index (κ3) is 5.80. The number of para-hydroxylation sites is 1. The lowest BCUT2D eigenvalue weighted by molar-refractivity contribution is 0.623. The van der Waals surface area contributed by atoms with E-state index in [1.165, 1.54) is 38.2 Å². The van der Waals surface area contributed by atoms with E-state index in [-0.39, 0.29) is 0 Å². The molecule has 11 aromatic rings. The first-order chi connectivity index (χ1) is 28.8. The van der Waals surface area contributed by atoms with Crippen LogP contribution in [-0.2, 0) is 0 Å². The Hall–Kier alpha value is -7.75. The highest BCUT2D eigenvalue weighted by atomic mass is 16.3. The van der Waals surface area contributed by atoms with Crippen LogP contribution in [0.3, 0.4) is 0 Å². The molecule has 0 fully saturated rings. The van der Waals surface area contributed by atoms with Crippen molar-refractivity contribution in [2.45, 2.75) is 0 Å². The Balaban J connectivity index is 1.04. The molecule has 0 saturated heterocycles. The molecular formula is C55H36N2O. The van der Waals surface area contributed by atoms with Crippen molar-refractivity contribution in [1.82, 2.24) is 4.98 Å². The van der Waals surface area contributed by atoms with Gasteiger partial charge in [-0.3, -0.25) is 0 Å². The number of anilines is 3. The SMILES string of the molecule is c1ccc(-c2nc3ccc4cccc(-c5ccc(N(c6ccc(-c7cc8ccccc8c8ccccc78)cc6)c6ccccc6-c6ccccc6)cc5)c4c3o2)cc1. The maximum atomic E-state index is 6.53. The van der Waals surface area contributed by atoms with E-state index in [9.17, 15) is 0 Å². The first-order valence-electron chi connectivity index (χ1n) is 19.7. The number of fused-ring (bicyclic) bond motifs is 6. The summed E-state index contributed by atoms with van der Waals surface area (Å²) < 4.78 is 6.53. The fraction of sp³-hybridized carbons (Fsp3) is 0. The number of aromatic nitrogens is 1. The predicted octanol–water partition coefficient (Wildman–Crippen LogP) is 15.4. The number of hydrogen-bond donors (Lipinski definition) is 0. The van der Waals surface area contributed by atoms with Gasteiger partial charge in [-0.05, 0) is 109 Å². The predicted molar refractivity (Wildman–Crippen MR) is 243 cm³/mol. The van der Waals surface area contributed by atoms with Crippen molar-refractivity contribution in [1.29, 1.82) is 0 Å². The molecule has 0 aliphatic carbocycles. The highest BCUT2D eigenvalue weighted by Crippen LogP contribution is 2.44. The van der Waals surface area contributed by atoms with Gasteiger partial charge in [-0.1, -0.05) is 164 Å². The topological polar surface area (TPSA) is 29.3 Å². The summed E-state index contributed by atoms with van der Waals surface area (Å²) in [6.07, 6.45) is 0. The minimum absolute atomic E-state index is 0.626. The molecule has 0 unspecified atom stereocenters. The average Bonchev–Trinajstić information content (AvgIpc) is 3.75. The molecule has 0 spiro atoms. The van der Waals surface area contributed by atoms with Crippen molar-refractivity contribution < 1.29 is 4.42 Å². The average molecular weight is 741 g/mol. The number of rotatable bonds is 7. The molecule has 0 bridgehead atoms. The van der Waals surface area contributed by atoms with Gasteiger partial charge in [0.25, 0.3) is 0 Å². The maximum Gasteiger partial charge on any atom is 0.227 e. The van der Waals surface area contributed by atoms with Crippen molar-refractivity contribution >= 4 is 60.5 Å². The van der Waals surface area contributed by atoms with Crippen molar-refractivity contribution in [3.63, 3.8) is 0 Å². The van der Waals surface area contributed by atoms with Crippen molar-refractivity contribution in [2.24, 2.45) is 0 Å². The molecule has 58 heavy (non-hydrogen) atoms. The second-order valence-corrected chi connectivity index (χ2v) is 14.7. The summed E-state index contributed by atoms with van der Waals surface area (Å²) in [5, 5.41) is 7.21. The maximum absolute atomic E-state index is 6.53. The van der Waals surface area contributed by atoms with Crippen molar-refractivity contribution in [2.75, 3.05) is 4.90 Å². The zero-order valence-electron chi connectivity index (χ0n) is 31.6. The standard InChI is InChI=1S/C55H36N2O/c1-3-14-37(15-4-1)46-21-11-12-25-52(46)57(44-33-28-39(29-34-44)50-36-42-18-7-8-20-45(42)48-22-9-10-23-49(48)50)43-31-26-38(27-32-43)47-24-13-19-40-30-35-51-54(53(40)47)58-55(56-51)41-16-5-2-6-17-41/h1-36H. The highest BCUT2D eigenvalue weighted by Gasteiger charge is 2.19. The molecule has 3 heteroatoms. The molecule has 1 aromatic heterocycles. The zero-order chi connectivity index (χ0) is 38.4. The van der Waals surface area contributed by atoms with E-state index in [1.807, 2.05) is 30.3 Å². The van der Waals surface area contributed by atoms with Crippen molar-refractivity contribution in [3.8, 4) is 44.8 Å². The van der Waals surface area contributed by atoms with E-state index >= 15 is 0 Å². The zero-order valence-corrected chi connectivity index (χ0v) is 31.6. The van der Waals surface area contributed by atoms with Crippen LogP contribution in [0.4, 0.5) is 17.1 Å². The normalized spacial score (nSPS) is 11.4. The van der Waals surface area contributed by atoms with Crippen LogP contribution in [-0.4, -0.2) is 4.98 Å². The first-order valence-corrected chi connectivity index (χ1v) is 19.7. The fourth-order valence-electron chi connectivity index (χ4n) is 8.53. The monoisotopic (exact) mass is 740 g/mol. The van der Waals surface area contributed by atoms with Gasteiger partial charge in [0.1, 0.15) is 5.52 Å². The van der Waals surface area contributed by atoms with E-state index in [0.717, 1.165) is 61.2 Å². The van der Waals surface area contributed by atoms with E-state index in [4.69, 9.17) is 9.40 Å². The van der Waals surface area contributed by atoms with Crippen molar-refractivity contribution in [3.05, 3.63) is 218 Å². The van der Waals surface area contributed by atoms with Crippen LogP contribution in [0.25, 0.3) is 88.3 Å². The Labute approximate surface area is 336 Å².